The fraction of sp³-hybridized carbons (Fsp3) is 0.179. The number of hydrogen-bond acceptors (Lipinski definition) is 18. The van der Waals surface area contributed by atoms with Crippen LogP contribution >= 0.6 is 15.9 Å². The number of nitrogens with one attached hydrogen (secondary N) is 6. The Kier molecular flexibility index (Phi) is 13.4. The van der Waals surface area contributed by atoms with Crippen molar-refractivity contribution in [3.05, 3.63) is 101 Å². The van der Waals surface area contributed by atoms with Crippen LogP contribution in [0.2, 0.25) is 0 Å². The summed E-state index contributed by atoms with van der Waals surface area (Å²) < 4.78 is 22.1. The summed E-state index contributed by atoms with van der Waals surface area (Å²) in [7, 11) is 1.30. The smallest absolute Gasteiger partial charge is 0.337 e. The minimum Gasteiger partial charge on any atom is -0.493 e. The van der Waals surface area contributed by atoms with Crippen LogP contribution in [0.5, 0.6) is 17.2 Å². The number of benzene rings is 3. The van der Waals surface area contributed by atoms with Gasteiger partial charge >= 0.3 is 11.9 Å². The molecular weight excluding hydrogens is 918 g/mol. The molecule has 0 unspecified atom stereocenters. The molecule has 65 heavy (non-hydrogen) atoms. The van der Waals surface area contributed by atoms with Gasteiger partial charge in [-0.1, -0.05) is 15.9 Å². The maximum Gasteiger partial charge on any atom is 0.337 e. The van der Waals surface area contributed by atoms with Gasteiger partial charge in [-0.25, -0.2) is 24.5 Å². The number of carbonyl (C=O) groups excluding carboxylic acids is 1. The van der Waals surface area contributed by atoms with Crippen LogP contribution in [-0.2, 0) is 4.74 Å². The van der Waals surface area contributed by atoms with Crippen molar-refractivity contribution in [3.8, 4) is 51.4 Å². The van der Waals surface area contributed by atoms with Crippen LogP contribution in [0, 0.1) is 0 Å². The first-order valence-corrected chi connectivity index (χ1v) is 19.9. The highest BCUT2D eigenvalue weighted by Crippen LogP contribution is 2.32. The zero-order chi connectivity index (χ0) is 46.2. The summed E-state index contributed by atoms with van der Waals surface area (Å²) in [4.78, 5) is 79.1. The molecule has 0 spiro atoms. The van der Waals surface area contributed by atoms with Crippen LogP contribution < -0.4 is 30.9 Å². The Balaban J connectivity index is 0.000000146. The monoisotopic (exact) mass is 951 g/mol. The maximum absolute atomic E-state index is 12.0. The molecule has 0 bridgehead atoms. The summed E-state index contributed by atoms with van der Waals surface area (Å²) in [5, 5.41) is 38.7. The summed E-state index contributed by atoms with van der Waals surface area (Å²) in [5.74, 6) is 0.699. The number of halogens is 1. The molecule has 0 saturated heterocycles. The van der Waals surface area contributed by atoms with Crippen molar-refractivity contribution in [2.24, 2.45) is 0 Å². The second-order valence-electron chi connectivity index (χ2n) is 12.9. The number of carboxylic acids is 1. The highest BCUT2D eigenvalue weighted by atomic mass is 79.9. The van der Waals surface area contributed by atoms with E-state index < -0.39 is 23.1 Å². The van der Waals surface area contributed by atoms with Crippen molar-refractivity contribution in [1.29, 1.82) is 0 Å². The van der Waals surface area contributed by atoms with Crippen LogP contribution in [0.15, 0.2) is 73.5 Å². The third kappa shape index (κ3) is 9.70. The number of nitrogens with zero attached hydrogens (tertiary/aromatic N) is 9. The van der Waals surface area contributed by atoms with Crippen LogP contribution in [0.3, 0.4) is 0 Å². The molecule has 0 atom stereocenters. The van der Waals surface area contributed by atoms with Crippen molar-refractivity contribution in [1.82, 2.24) is 76.1 Å². The highest BCUT2D eigenvalue weighted by Gasteiger charge is 2.18. The Labute approximate surface area is 370 Å². The van der Waals surface area contributed by atoms with Crippen LogP contribution in [0.1, 0.15) is 41.5 Å². The first-order chi connectivity index (χ1) is 31.4. The lowest BCUT2D eigenvalue weighted by atomic mass is 10.1. The number of carboxylic acid groups (broad SMARTS) is 1. The standard InChI is InChI=1S/C14H13N5O4.C13H11N5O4.C12H10BrN5O2/c1-3-23-9-6-7(14(21)22-2)4-5-8(9)11-15-12-10(13(20)16-11)17-19-18-12;1-2-22-8-5-6(13(20)21)3-4-7(8)10-14-11-9(12(19)15-10)16-18-17-11;1-2-20-8-5-6(13)3-4-7(8)10-14-11-9(12(19)15-10)16-18-17-11/h4-6H,3H2,1-2H3,(H2,15,16,17,18,19,20);3-5H,2H2,1H3,(H,20,21)(H2,14,15,16,17,18,19);3-5H,2H2,1H3,(H2,14,15,16,17,18,19). The quantitative estimate of drug-likeness (QED) is 0.0911. The van der Waals surface area contributed by atoms with E-state index in [1.165, 1.54) is 31.4 Å². The lowest BCUT2D eigenvalue weighted by Crippen LogP contribution is -2.10. The molecule has 6 aromatic heterocycles. The molecule has 0 aliphatic carbocycles. The lowest BCUT2D eigenvalue weighted by Gasteiger charge is -2.11. The Bertz CT molecular complexity index is 3380. The summed E-state index contributed by atoms with van der Waals surface area (Å²) in [6.07, 6.45) is 0. The highest BCUT2D eigenvalue weighted by molar-refractivity contribution is 9.10. The van der Waals surface area contributed by atoms with Gasteiger partial charge in [0.2, 0.25) is 16.9 Å². The summed E-state index contributed by atoms with van der Waals surface area (Å²) >= 11 is 3.39. The van der Waals surface area contributed by atoms with Gasteiger partial charge in [0.05, 0.1) is 54.7 Å². The molecule has 9 rings (SSSR count). The van der Waals surface area contributed by atoms with E-state index in [0.717, 1.165) is 4.47 Å². The number of carbonyl (C=O) groups is 2. The van der Waals surface area contributed by atoms with Gasteiger partial charge in [0.25, 0.3) is 16.7 Å². The average Bonchev–Trinajstić information content (AvgIpc) is 4.10. The minimum atomic E-state index is -1.07. The molecule has 0 fully saturated rings. The second-order valence-corrected chi connectivity index (χ2v) is 13.8. The Morgan fingerprint density at radius 1 is 0.554 bits per heavy atom. The number of aromatic amines is 6. The summed E-state index contributed by atoms with van der Waals surface area (Å²) in [6.45, 7) is 6.71. The normalized spacial score (nSPS) is 10.8. The first-order valence-electron chi connectivity index (χ1n) is 19.1. The number of aromatic nitrogens is 15. The largest absolute Gasteiger partial charge is 0.493 e. The van der Waals surface area contributed by atoms with Gasteiger partial charge < -0.3 is 39.0 Å². The van der Waals surface area contributed by atoms with E-state index in [0.29, 0.717) is 65.1 Å². The lowest BCUT2D eigenvalue weighted by molar-refractivity contribution is 0.0599. The van der Waals surface area contributed by atoms with Crippen LogP contribution in [0.25, 0.3) is 67.7 Å². The number of hydrogen-bond donors (Lipinski definition) is 7. The molecule has 26 heteroatoms. The van der Waals surface area contributed by atoms with E-state index in [9.17, 15) is 24.0 Å². The molecule has 332 valence electrons. The van der Waals surface area contributed by atoms with E-state index >= 15 is 0 Å². The van der Waals surface area contributed by atoms with Gasteiger partial charge in [0, 0.05) is 4.47 Å². The molecule has 6 heterocycles. The molecule has 25 nitrogen and oxygen atoms in total. The average molecular weight is 953 g/mol. The van der Waals surface area contributed by atoms with E-state index in [2.05, 4.69) is 92.1 Å². The molecule has 0 saturated carbocycles. The van der Waals surface area contributed by atoms with Crippen LogP contribution in [-0.4, -0.2) is 120 Å². The fourth-order valence-corrected chi connectivity index (χ4v) is 6.32. The van der Waals surface area contributed by atoms with E-state index in [1.54, 1.807) is 19.1 Å². The molecule has 9 aromatic rings. The fourth-order valence-electron chi connectivity index (χ4n) is 5.98. The van der Waals surface area contributed by atoms with Crippen molar-refractivity contribution in [2.75, 3.05) is 26.9 Å². The Morgan fingerprint density at radius 3 is 1.31 bits per heavy atom. The molecule has 7 N–H and O–H groups in total. The number of rotatable bonds is 11. The van der Waals surface area contributed by atoms with Gasteiger partial charge in [-0.05, 0) is 75.4 Å². The number of fused-ring (bicyclic) bond motifs is 3. The number of H-pyrrole nitrogens is 6. The van der Waals surface area contributed by atoms with Gasteiger partial charge in [-0.3, -0.25) is 14.4 Å². The van der Waals surface area contributed by atoms with Crippen molar-refractivity contribution >= 4 is 61.4 Å². The van der Waals surface area contributed by atoms with Gasteiger partial charge in [-0.2, -0.15) is 15.6 Å². The summed E-state index contributed by atoms with van der Waals surface area (Å²) in [6, 6.07) is 14.5. The molecule has 0 aliphatic rings. The minimum absolute atomic E-state index is 0.0806. The predicted molar refractivity (Wildman–Crippen MR) is 233 cm³/mol. The van der Waals surface area contributed by atoms with E-state index in [1.807, 2.05) is 32.0 Å². The van der Waals surface area contributed by atoms with E-state index in [-0.39, 0.29) is 56.3 Å². The predicted octanol–water partition coefficient (Wildman–Crippen LogP) is 3.57. The second kappa shape index (κ2) is 19.6. The Morgan fingerprint density at radius 2 is 0.923 bits per heavy atom. The summed E-state index contributed by atoms with van der Waals surface area (Å²) in [5.41, 5.74) is 1.95. The zero-order valence-corrected chi connectivity index (χ0v) is 35.9. The third-order valence-corrected chi connectivity index (χ3v) is 9.32. The SMILES string of the molecule is CCOc1cc(Br)ccc1-c1nc2n[nH]nc2c(=O)[nH]1.CCOc1cc(C(=O)O)ccc1-c1nc2n[nH]nc2c(=O)[nH]1.CCOc1cc(C(=O)OC)ccc1-c1nc2n[nH]nc2c(=O)[nH]1. The van der Waals surface area contributed by atoms with Crippen molar-refractivity contribution < 1.29 is 33.6 Å². The van der Waals surface area contributed by atoms with E-state index in [4.69, 9.17) is 24.1 Å². The topological polar surface area (TPSA) is 353 Å². The van der Waals surface area contributed by atoms with Crippen LogP contribution in [0.4, 0.5) is 0 Å². The number of aromatic carboxylic acids is 1. The third-order valence-electron chi connectivity index (χ3n) is 8.82. The maximum atomic E-state index is 12.0. The van der Waals surface area contributed by atoms with Crippen molar-refractivity contribution in [3.63, 3.8) is 0 Å². The van der Waals surface area contributed by atoms with Crippen molar-refractivity contribution in [2.45, 2.75) is 20.8 Å². The number of esters is 1. The van der Waals surface area contributed by atoms with Gasteiger partial charge in [0.1, 0.15) is 34.7 Å². The Hall–Kier alpha value is -8.68. The molecule has 0 amide bonds. The zero-order valence-electron chi connectivity index (χ0n) is 34.3. The van der Waals surface area contributed by atoms with Gasteiger partial charge in [0.15, 0.2) is 16.6 Å². The first kappa shape index (κ1) is 44.4. The van der Waals surface area contributed by atoms with Gasteiger partial charge in [-0.15, -0.1) is 30.6 Å². The molecule has 0 radical (unpaired) electrons. The number of ether oxygens (including phenoxy) is 4. The molecule has 3 aromatic carbocycles. The molecular formula is C39H34BrN15O10. The number of methoxy groups -OCH3 is 1. The molecule has 0 aliphatic heterocycles.